The van der Waals surface area contributed by atoms with Crippen LogP contribution in [0, 0.1) is 17.8 Å². The van der Waals surface area contributed by atoms with Crippen LogP contribution in [0.2, 0.25) is 0 Å². The van der Waals surface area contributed by atoms with E-state index in [-0.39, 0.29) is 24.3 Å². The lowest BCUT2D eigenvalue weighted by Gasteiger charge is -2.21. The number of amides is 1. The molecule has 0 heterocycles. The maximum Gasteiger partial charge on any atom is 0.326 e. The van der Waals surface area contributed by atoms with Gasteiger partial charge in [0, 0.05) is 6.54 Å². The van der Waals surface area contributed by atoms with E-state index in [0.29, 0.717) is 12.3 Å². The molecule has 0 saturated heterocycles. The van der Waals surface area contributed by atoms with Gasteiger partial charge in [-0.25, -0.2) is 4.79 Å². The summed E-state index contributed by atoms with van der Waals surface area (Å²) in [6.45, 7) is 4.07. The molecule has 0 aromatic carbocycles. The van der Waals surface area contributed by atoms with Crippen LogP contribution in [0.4, 0.5) is 0 Å². The first-order valence-corrected chi connectivity index (χ1v) is 6.19. The maximum atomic E-state index is 11.9. The molecule has 2 atom stereocenters. The number of carbonyl (C=O) groups is 2. The zero-order valence-corrected chi connectivity index (χ0v) is 10.5. The fourth-order valence-corrected chi connectivity index (χ4v) is 1.87. The van der Waals surface area contributed by atoms with E-state index in [1.807, 2.05) is 13.8 Å². The summed E-state index contributed by atoms with van der Waals surface area (Å²) in [6, 6.07) is -0.761. The van der Waals surface area contributed by atoms with Gasteiger partial charge < -0.3 is 16.2 Å². The van der Waals surface area contributed by atoms with Gasteiger partial charge in [-0.05, 0) is 18.3 Å². The van der Waals surface area contributed by atoms with Gasteiger partial charge in [0.05, 0.1) is 5.92 Å². The first-order valence-electron chi connectivity index (χ1n) is 6.19. The van der Waals surface area contributed by atoms with Crippen molar-refractivity contribution in [3.63, 3.8) is 0 Å². The highest BCUT2D eigenvalue weighted by Gasteiger charge is 2.32. The van der Waals surface area contributed by atoms with Crippen molar-refractivity contribution in [3.05, 3.63) is 0 Å². The summed E-state index contributed by atoms with van der Waals surface area (Å²) >= 11 is 0. The van der Waals surface area contributed by atoms with Gasteiger partial charge in [-0.15, -0.1) is 0 Å². The minimum absolute atomic E-state index is 0.121. The first-order chi connectivity index (χ1) is 7.95. The number of rotatable bonds is 7. The molecule has 0 radical (unpaired) electrons. The van der Waals surface area contributed by atoms with Crippen molar-refractivity contribution < 1.29 is 14.7 Å². The van der Waals surface area contributed by atoms with Crippen molar-refractivity contribution in [2.45, 2.75) is 39.2 Å². The fourth-order valence-electron chi connectivity index (χ4n) is 1.87. The molecule has 5 nitrogen and oxygen atoms in total. The third-order valence-electron chi connectivity index (χ3n) is 3.28. The Morgan fingerprint density at radius 3 is 2.35 bits per heavy atom. The van der Waals surface area contributed by atoms with Gasteiger partial charge >= 0.3 is 5.97 Å². The number of carboxylic acid groups (broad SMARTS) is 1. The molecule has 0 bridgehead atoms. The lowest BCUT2D eigenvalue weighted by Crippen LogP contribution is -2.46. The van der Waals surface area contributed by atoms with Crippen LogP contribution in [-0.4, -0.2) is 29.6 Å². The van der Waals surface area contributed by atoms with E-state index in [1.54, 1.807) is 0 Å². The Hall–Kier alpha value is -1.10. The summed E-state index contributed by atoms with van der Waals surface area (Å²) in [5, 5.41) is 11.6. The SMILES string of the molecule is CC(C)C(CN)C(=O)NC(CC1CC1)C(=O)O. The van der Waals surface area contributed by atoms with Gasteiger partial charge in [0.2, 0.25) is 5.91 Å². The molecule has 0 aromatic heterocycles. The molecule has 17 heavy (non-hydrogen) atoms. The van der Waals surface area contributed by atoms with Crippen LogP contribution < -0.4 is 11.1 Å². The molecular formula is C12H22N2O3. The largest absolute Gasteiger partial charge is 0.480 e. The highest BCUT2D eigenvalue weighted by Crippen LogP contribution is 2.33. The number of carbonyl (C=O) groups excluding carboxylic acids is 1. The van der Waals surface area contributed by atoms with Gasteiger partial charge in [-0.2, -0.15) is 0 Å². The Morgan fingerprint density at radius 2 is 2.00 bits per heavy atom. The van der Waals surface area contributed by atoms with Gasteiger partial charge in [-0.1, -0.05) is 26.7 Å². The Balaban J connectivity index is 2.52. The second kappa shape index (κ2) is 6.00. The van der Waals surface area contributed by atoms with Crippen LogP contribution in [-0.2, 0) is 9.59 Å². The van der Waals surface area contributed by atoms with Gasteiger partial charge in [0.25, 0.3) is 0 Å². The topological polar surface area (TPSA) is 92.4 Å². The van der Waals surface area contributed by atoms with Crippen molar-refractivity contribution >= 4 is 11.9 Å². The Labute approximate surface area is 102 Å². The summed E-state index contributed by atoms with van der Waals surface area (Å²) in [5.41, 5.74) is 5.53. The fraction of sp³-hybridized carbons (Fsp3) is 0.833. The second-order valence-corrected chi connectivity index (χ2v) is 5.16. The molecule has 5 heteroatoms. The molecule has 1 fully saturated rings. The van der Waals surface area contributed by atoms with Crippen molar-refractivity contribution in [2.75, 3.05) is 6.54 Å². The van der Waals surface area contributed by atoms with Gasteiger partial charge in [-0.3, -0.25) is 4.79 Å². The summed E-state index contributed by atoms with van der Waals surface area (Å²) in [5.74, 6) is -0.918. The van der Waals surface area contributed by atoms with E-state index in [0.717, 1.165) is 12.8 Å². The van der Waals surface area contributed by atoms with Crippen molar-refractivity contribution in [1.29, 1.82) is 0 Å². The highest BCUT2D eigenvalue weighted by atomic mass is 16.4. The van der Waals surface area contributed by atoms with Crippen LogP contribution in [0.3, 0.4) is 0 Å². The molecule has 4 N–H and O–H groups in total. The molecule has 2 unspecified atom stereocenters. The van der Waals surface area contributed by atoms with Crippen LogP contribution in [0.1, 0.15) is 33.1 Å². The zero-order valence-electron chi connectivity index (χ0n) is 10.5. The molecule has 0 aromatic rings. The van der Waals surface area contributed by atoms with Crippen molar-refractivity contribution in [3.8, 4) is 0 Å². The minimum Gasteiger partial charge on any atom is -0.480 e. The van der Waals surface area contributed by atoms with Crippen LogP contribution >= 0.6 is 0 Å². The number of aliphatic carboxylic acids is 1. The van der Waals surface area contributed by atoms with E-state index in [4.69, 9.17) is 10.8 Å². The number of hydrogen-bond acceptors (Lipinski definition) is 3. The highest BCUT2D eigenvalue weighted by molar-refractivity contribution is 5.85. The monoisotopic (exact) mass is 242 g/mol. The Morgan fingerprint density at radius 1 is 1.41 bits per heavy atom. The summed E-state index contributed by atoms with van der Waals surface area (Å²) in [6.07, 6.45) is 2.69. The lowest BCUT2D eigenvalue weighted by atomic mass is 9.94. The molecule has 1 aliphatic carbocycles. The number of nitrogens with two attached hydrogens (primary N) is 1. The van der Waals surface area contributed by atoms with E-state index < -0.39 is 12.0 Å². The zero-order chi connectivity index (χ0) is 13.0. The predicted octanol–water partition coefficient (Wildman–Crippen LogP) is 0.587. The molecule has 98 valence electrons. The molecule has 0 spiro atoms. The number of carboxylic acids is 1. The maximum absolute atomic E-state index is 11.9. The van der Waals surface area contributed by atoms with E-state index in [9.17, 15) is 9.59 Å². The van der Waals surface area contributed by atoms with Crippen molar-refractivity contribution in [1.82, 2.24) is 5.32 Å². The lowest BCUT2D eigenvalue weighted by molar-refractivity contribution is -0.143. The van der Waals surface area contributed by atoms with Gasteiger partial charge in [0.1, 0.15) is 6.04 Å². The van der Waals surface area contributed by atoms with E-state index in [1.165, 1.54) is 0 Å². The average Bonchev–Trinajstić information content (AvgIpc) is 3.00. The molecule has 1 aliphatic rings. The van der Waals surface area contributed by atoms with Crippen LogP contribution in [0.5, 0.6) is 0 Å². The summed E-state index contributed by atoms with van der Waals surface area (Å²) < 4.78 is 0. The summed E-state index contributed by atoms with van der Waals surface area (Å²) in [7, 11) is 0. The normalized spacial score (nSPS) is 18.8. The van der Waals surface area contributed by atoms with E-state index in [2.05, 4.69) is 5.32 Å². The van der Waals surface area contributed by atoms with Crippen molar-refractivity contribution in [2.24, 2.45) is 23.5 Å². The van der Waals surface area contributed by atoms with Crippen LogP contribution in [0.15, 0.2) is 0 Å². The predicted molar refractivity (Wildman–Crippen MR) is 64.3 cm³/mol. The quantitative estimate of drug-likeness (QED) is 0.609. The van der Waals surface area contributed by atoms with Gasteiger partial charge in [0.15, 0.2) is 0 Å². The molecule has 0 aliphatic heterocycles. The minimum atomic E-state index is -0.954. The first kappa shape index (κ1) is 14.0. The molecule has 1 amide bonds. The smallest absolute Gasteiger partial charge is 0.326 e. The Bertz CT molecular complexity index is 287. The molecule has 1 rings (SSSR count). The van der Waals surface area contributed by atoms with Crippen LogP contribution in [0.25, 0.3) is 0 Å². The number of hydrogen-bond donors (Lipinski definition) is 3. The average molecular weight is 242 g/mol. The number of nitrogens with one attached hydrogen (secondary N) is 1. The third kappa shape index (κ3) is 4.34. The standard InChI is InChI=1S/C12H22N2O3/c1-7(2)9(6-13)11(15)14-10(12(16)17)5-8-3-4-8/h7-10H,3-6,13H2,1-2H3,(H,14,15)(H,16,17). The second-order valence-electron chi connectivity index (χ2n) is 5.16. The Kier molecular flexibility index (Phi) is 4.93. The molecular weight excluding hydrogens is 220 g/mol. The summed E-state index contributed by atoms with van der Waals surface area (Å²) in [4.78, 5) is 22.9. The molecule has 1 saturated carbocycles. The third-order valence-corrected chi connectivity index (χ3v) is 3.28. The van der Waals surface area contributed by atoms with E-state index >= 15 is 0 Å².